The molecule has 10 heteroatoms. The van der Waals surface area contributed by atoms with Gasteiger partial charge in [-0.05, 0) is 55.5 Å². The van der Waals surface area contributed by atoms with Gasteiger partial charge in [-0.3, -0.25) is 14.2 Å². The molecule has 2 heterocycles. The van der Waals surface area contributed by atoms with Gasteiger partial charge in [0.1, 0.15) is 17.2 Å². The van der Waals surface area contributed by atoms with E-state index in [2.05, 4.69) is 15.3 Å². The molecule has 0 saturated carbocycles. The third-order valence-electron chi connectivity index (χ3n) is 4.38. The second kappa shape index (κ2) is 8.52. The Labute approximate surface area is 184 Å². The second-order valence-electron chi connectivity index (χ2n) is 6.68. The Morgan fingerprint density at radius 3 is 2.65 bits per heavy atom. The maximum atomic E-state index is 13.9. The number of aromatic amines is 1. The first kappa shape index (κ1) is 21.1. The summed E-state index contributed by atoms with van der Waals surface area (Å²) in [6.45, 7) is 1.80. The summed E-state index contributed by atoms with van der Waals surface area (Å²) in [4.78, 5) is 32.9. The topological polar surface area (TPSA) is 79.8 Å². The van der Waals surface area contributed by atoms with Crippen molar-refractivity contribution in [2.75, 3.05) is 11.1 Å². The van der Waals surface area contributed by atoms with Crippen LogP contribution in [0.3, 0.4) is 0 Å². The summed E-state index contributed by atoms with van der Waals surface area (Å²) in [6, 6.07) is 11.0. The maximum absolute atomic E-state index is 13.9. The number of nitrogens with zero attached hydrogens (tertiary/aromatic N) is 2. The first-order valence-corrected chi connectivity index (χ1v) is 10.4. The number of aromatic nitrogens is 3. The smallest absolute Gasteiger partial charge is 0.283 e. The minimum atomic E-state index is -0.656. The summed E-state index contributed by atoms with van der Waals surface area (Å²) in [5, 5.41) is 2.93. The van der Waals surface area contributed by atoms with Crippen molar-refractivity contribution in [2.45, 2.75) is 12.1 Å². The Balaban J connectivity index is 1.66. The van der Waals surface area contributed by atoms with Crippen LogP contribution in [0.15, 0.2) is 58.5 Å². The maximum Gasteiger partial charge on any atom is 0.283 e. The first-order chi connectivity index (χ1) is 14.8. The number of carbonyl (C=O) groups is 1. The number of anilines is 1. The molecule has 0 atom stereocenters. The van der Waals surface area contributed by atoms with Gasteiger partial charge in [0, 0.05) is 10.7 Å². The number of amides is 1. The number of halogens is 3. The molecule has 2 aromatic heterocycles. The normalized spacial score (nSPS) is 11.1. The monoisotopic (exact) mass is 460 g/mol. The van der Waals surface area contributed by atoms with Crippen LogP contribution in [0.2, 0.25) is 5.02 Å². The molecule has 2 N–H and O–H groups in total. The van der Waals surface area contributed by atoms with Crippen molar-refractivity contribution >= 4 is 46.0 Å². The molecule has 0 saturated heterocycles. The first-order valence-electron chi connectivity index (χ1n) is 9.08. The summed E-state index contributed by atoms with van der Waals surface area (Å²) in [7, 11) is 0. The Bertz CT molecular complexity index is 1350. The van der Waals surface area contributed by atoms with E-state index in [1.807, 2.05) is 0 Å². The molecular weight excluding hydrogens is 446 g/mol. The van der Waals surface area contributed by atoms with Crippen molar-refractivity contribution in [1.29, 1.82) is 0 Å². The molecule has 4 rings (SSSR count). The highest BCUT2D eigenvalue weighted by molar-refractivity contribution is 7.99. The molecule has 0 radical (unpaired) electrons. The van der Waals surface area contributed by atoms with Gasteiger partial charge < -0.3 is 10.3 Å². The van der Waals surface area contributed by atoms with Crippen molar-refractivity contribution in [3.8, 4) is 5.69 Å². The lowest BCUT2D eigenvalue weighted by Crippen LogP contribution is -2.23. The summed E-state index contributed by atoms with van der Waals surface area (Å²) in [6.07, 6.45) is 0. The predicted octanol–water partition coefficient (Wildman–Crippen LogP) is 4.68. The molecule has 0 fully saturated rings. The number of nitrogens with one attached hydrogen (secondary N) is 2. The third kappa shape index (κ3) is 4.47. The van der Waals surface area contributed by atoms with E-state index in [-0.39, 0.29) is 27.2 Å². The zero-order chi connectivity index (χ0) is 22.1. The zero-order valence-electron chi connectivity index (χ0n) is 16.1. The average Bonchev–Trinajstić information content (AvgIpc) is 3.10. The van der Waals surface area contributed by atoms with Crippen LogP contribution in [0, 0.1) is 18.6 Å². The molecule has 0 spiro atoms. The van der Waals surface area contributed by atoms with Gasteiger partial charge in [-0.15, -0.1) is 0 Å². The van der Waals surface area contributed by atoms with E-state index in [9.17, 15) is 18.4 Å². The number of aryl methyl sites for hydroxylation is 1. The van der Waals surface area contributed by atoms with Crippen LogP contribution >= 0.6 is 23.4 Å². The highest BCUT2D eigenvalue weighted by Crippen LogP contribution is 2.23. The highest BCUT2D eigenvalue weighted by Gasteiger charge is 2.17. The molecule has 0 bridgehead atoms. The van der Waals surface area contributed by atoms with E-state index >= 15 is 0 Å². The van der Waals surface area contributed by atoms with Gasteiger partial charge in [0.25, 0.3) is 5.56 Å². The van der Waals surface area contributed by atoms with Gasteiger partial charge in [0.2, 0.25) is 5.91 Å². The molecule has 158 valence electrons. The van der Waals surface area contributed by atoms with Crippen LogP contribution in [0.5, 0.6) is 0 Å². The van der Waals surface area contributed by atoms with Crippen molar-refractivity contribution in [2.24, 2.45) is 0 Å². The molecular formula is C21H15ClF2N4O2S. The van der Waals surface area contributed by atoms with Crippen LogP contribution in [0.4, 0.5) is 14.5 Å². The zero-order valence-corrected chi connectivity index (χ0v) is 17.7. The van der Waals surface area contributed by atoms with Crippen molar-refractivity contribution in [3.63, 3.8) is 0 Å². The molecule has 1 amide bonds. The quantitative estimate of drug-likeness (QED) is 0.334. The van der Waals surface area contributed by atoms with E-state index in [1.54, 1.807) is 13.0 Å². The van der Waals surface area contributed by atoms with Gasteiger partial charge in [-0.2, -0.15) is 0 Å². The molecule has 0 aliphatic heterocycles. The number of benzene rings is 2. The molecule has 0 aliphatic carbocycles. The molecule has 6 nitrogen and oxygen atoms in total. The van der Waals surface area contributed by atoms with Crippen molar-refractivity contribution < 1.29 is 13.6 Å². The molecule has 4 aromatic rings. The fourth-order valence-electron chi connectivity index (χ4n) is 3.00. The number of hydrogen-bond acceptors (Lipinski definition) is 4. The fraction of sp³-hybridized carbons (Fsp3) is 0.0952. The number of fused-ring (bicyclic) bond motifs is 1. The van der Waals surface area contributed by atoms with Crippen molar-refractivity contribution in [3.05, 3.63) is 81.2 Å². The molecule has 2 aromatic carbocycles. The molecule has 31 heavy (non-hydrogen) atoms. The van der Waals surface area contributed by atoms with Crippen LogP contribution < -0.4 is 10.9 Å². The molecule has 0 unspecified atom stereocenters. The predicted molar refractivity (Wildman–Crippen MR) is 117 cm³/mol. The number of carbonyl (C=O) groups excluding carboxylic acids is 1. The number of rotatable bonds is 5. The Morgan fingerprint density at radius 2 is 1.94 bits per heavy atom. The van der Waals surface area contributed by atoms with E-state index in [1.165, 1.54) is 41.0 Å². The summed E-state index contributed by atoms with van der Waals surface area (Å²) < 4.78 is 28.6. The largest absolute Gasteiger partial charge is 0.353 e. The Kier molecular flexibility index (Phi) is 5.79. The summed E-state index contributed by atoms with van der Waals surface area (Å²) in [5.41, 5.74) is 1.53. The Morgan fingerprint density at radius 1 is 1.19 bits per heavy atom. The van der Waals surface area contributed by atoms with E-state index in [0.29, 0.717) is 16.7 Å². The van der Waals surface area contributed by atoms with Gasteiger partial charge in [0.05, 0.1) is 22.6 Å². The van der Waals surface area contributed by atoms with Crippen LogP contribution in [-0.4, -0.2) is 26.2 Å². The van der Waals surface area contributed by atoms with E-state index in [4.69, 9.17) is 11.6 Å². The number of thioether (sulfide) groups is 1. The SMILES string of the molecule is Cc1cc2nc(SCC(=O)Nc3ccc(Cl)cc3F)n(-c3ccc(F)cc3)c(=O)c2[nH]1. The fourth-order valence-corrected chi connectivity index (χ4v) is 3.97. The second-order valence-corrected chi connectivity index (χ2v) is 8.06. The molecule has 0 aliphatic rings. The number of hydrogen-bond donors (Lipinski definition) is 2. The van der Waals surface area contributed by atoms with Crippen molar-refractivity contribution in [1.82, 2.24) is 14.5 Å². The van der Waals surface area contributed by atoms with Crippen LogP contribution in [0.25, 0.3) is 16.7 Å². The van der Waals surface area contributed by atoms with Crippen LogP contribution in [0.1, 0.15) is 5.69 Å². The van der Waals surface area contributed by atoms with Gasteiger partial charge in [-0.1, -0.05) is 23.4 Å². The lowest BCUT2D eigenvalue weighted by Gasteiger charge is -2.12. The van der Waals surface area contributed by atoms with Gasteiger partial charge in [-0.25, -0.2) is 13.8 Å². The average molecular weight is 461 g/mol. The lowest BCUT2D eigenvalue weighted by molar-refractivity contribution is -0.113. The van der Waals surface area contributed by atoms with E-state index < -0.39 is 17.5 Å². The minimum absolute atomic E-state index is 0.00408. The summed E-state index contributed by atoms with van der Waals surface area (Å²) in [5.74, 6) is -1.72. The lowest BCUT2D eigenvalue weighted by atomic mass is 10.3. The third-order valence-corrected chi connectivity index (χ3v) is 5.55. The van der Waals surface area contributed by atoms with Gasteiger partial charge >= 0.3 is 0 Å². The summed E-state index contributed by atoms with van der Waals surface area (Å²) >= 11 is 6.73. The standard InChI is InChI=1S/C21H15ClF2N4O2S/c1-11-8-17-19(25-11)20(30)28(14-5-3-13(23)4-6-14)21(27-17)31-10-18(29)26-16-7-2-12(22)9-15(16)24/h2-9,25H,10H2,1H3,(H,26,29). The Hall–Kier alpha value is -3.17. The van der Waals surface area contributed by atoms with E-state index in [0.717, 1.165) is 23.5 Å². The highest BCUT2D eigenvalue weighted by atomic mass is 35.5. The minimum Gasteiger partial charge on any atom is -0.353 e. The van der Waals surface area contributed by atoms with Gasteiger partial charge in [0.15, 0.2) is 5.16 Å². The van der Waals surface area contributed by atoms with Crippen LogP contribution in [-0.2, 0) is 4.79 Å². The number of H-pyrrole nitrogens is 1.